The van der Waals surface area contributed by atoms with Gasteiger partial charge in [-0.25, -0.2) is 4.68 Å². The van der Waals surface area contributed by atoms with Crippen LogP contribution in [0, 0.1) is 0 Å². The van der Waals surface area contributed by atoms with Gasteiger partial charge in [0.1, 0.15) is 0 Å². The molecule has 0 fully saturated rings. The van der Waals surface area contributed by atoms with E-state index in [1.165, 1.54) is 6.42 Å². The molecular weight excluding hydrogens is 230 g/mol. The topological polar surface area (TPSA) is 64.9 Å². The maximum absolute atomic E-state index is 5.51. The van der Waals surface area contributed by atoms with Crippen molar-refractivity contribution >= 4 is 0 Å². The molecule has 104 valence electrons. The van der Waals surface area contributed by atoms with E-state index in [4.69, 9.17) is 4.74 Å². The Kier molecular flexibility index (Phi) is 7.52. The molecule has 0 aromatic carbocycles. The van der Waals surface area contributed by atoms with Gasteiger partial charge in [-0.15, -0.1) is 5.10 Å². The number of nitrogens with zero attached hydrogens (tertiary/aromatic N) is 4. The molecule has 0 unspecified atom stereocenters. The fourth-order valence-electron chi connectivity index (χ4n) is 1.48. The molecule has 0 aliphatic carbocycles. The fraction of sp³-hybridized carbons (Fsp3) is 0.917. The lowest BCUT2D eigenvalue weighted by Crippen LogP contribution is -2.24. The van der Waals surface area contributed by atoms with Gasteiger partial charge in [-0.2, -0.15) is 0 Å². The van der Waals surface area contributed by atoms with Crippen LogP contribution < -0.4 is 5.32 Å². The lowest BCUT2D eigenvalue weighted by Gasteiger charge is -2.08. The summed E-state index contributed by atoms with van der Waals surface area (Å²) in [4.78, 5) is 0. The Morgan fingerprint density at radius 2 is 2.06 bits per heavy atom. The van der Waals surface area contributed by atoms with Crippen molar-refractivity contribution in [3.63, 3.8) is 0 Å². The summed E-state index contributed by atoms with van der Waals surface area (Å²) in [5.41, 5.74) is 0. The van der Waals surface area contributed by atoms with Gasteiger partial charge in [0.25, 0.3) is 0 Å². The number of rotatable bonds is 10. The van der Waals surface area contributed by atoms with Gasteiger partial charge >= 0.3 is 0 Å². The van der Waals surface area contributed by atoms with E-state index < -0.39 is 0 Å². The molecule has 0 bridgehead atoms. The molecule has 1 N–H and O–H groups in total. The first kappa shape index (κ1) is 15.0. The summed E-state index contributed by atoms with van der Waals surface area (Å²) in [5.74, 6) is 0.886. The number of hydrogen-bond donors (Lipinski definition) is 1. The van der Waals surface area contributed by atoms with Gasteiger partial charge in [-0.05, 0) is 23.3 Å². The summed E-state index contributed by atoms with van der Waals surface area (Å²) < 4.78 is 7.36. The van der Waals surface area contributed by atoms with Gasteiger partial charge in [-0.1, -0.05) is 27.2 Å². The zero-order valence-electron chi connectivity index (χ0n) is 11.7. The van der Waals surface area contributed by atoms with E-state index in [2.05, 4.69) is 41.6 Å². The van der Waals surface area contributed by atoms with Crippen molar-refractivity contribution in [1.82, 2.24) is 25.5 Å². The summed E-state index contributed by atoms with van der Waals surface area (Å²) in [7, 11) is 0. The summed E-state index contributed by atoms with van der Waals surface area (Å²) in [6.45, 7) is 9.53. The lowest BCUT2D eigenvalue weighted by atomic mass is 10.3. The second kappa shape index (κ2) is 8.99. The molecule has 1 aromatic rings. The van der Waals surface area contributed by atoms with Crippen LogP contribution in [-0.2, 0) is 17.8 Å². The van der Waals surface area contributed by atoms with E-state index in [1.54, 1.807) is 0 Å². The lowest BCUT2D eigenvalue weighted by molar-refractivity contribution is 0.125. The monoisotopic (exact) mass is 255 g/mol. The van der Waals surface area contributed by atoms with Crippen LogP contribution in [0.2, 0.25) is 0 Å². The molecule has 1 rings (SSSR count). The van der Waals surface area contributed by atoms with Crippen molar-refractivity contribution in [2.75, 3.05) is 13.2 Å². The maximum Gasteiger partial charge on any atom is 0.165 e. The zero-order chi connectivity index (χ0) is 13.2. The number of unbranched alkanes of at least 4 members (excludes halogenated alkanes) is 1. The molecule has 6 nitrogen and oxygen atoms in total. The van der Waals surface area contributed by atoms with Crippen molar-refractivity contribution in [2.45, 2.75) is 59.2 Å². The summed E-state index contributed by atoms with van der Waals surface area (Å²) in [6.07, 6.45) is 3.26. The van der Waals surface area contributed by atoms with Gasteiger partial charge in [0.2, 0.25) is 0 Å². The van der Waals surface area contributed by atoms with Crippen molar-refractivity contribution in [3.8, 4) is 0 Å². The average Bonchev–Trinajstić information content (AvgIpc) is 2.78. The number of aryl methyl sites for hydroxylation is 1. The molecule has 0 amide bonds. The second-order valence-electron chi connectivity index (χ2n) is 4.67. The number of aromatic nitrogens is 4. The normalized spacial score (nSPS) is 11.3. The zero-order valence-corrected chi connectivity index (χ0v) is 11.7. The quantitative estimate of drug-likeness (QED) is 0.640. The van der Waals surface area contributed by atoms with E-state index >= 15 is 0 Å². The Morgan fingerprint density at radius 3 is 2.78 bits per heavy atom. The molecule has 1 aromatic heterocycles. The van der Waals surface area contributed by atoms with Crippen LogP contribution >= 0.6 is 0 Å². The Balaban J connectivity index is 2.19. The number of ether oxygens (including phenoxy) is 1. The van der Waals surface area contributed by atoms with E-state index in [-0.39, 0.29) is 0 Å². The third kappa shape index (κ3) is 6.07. The summed E-state index contributed by atoms with van der Waals surface area (Å²) >= 11 is 0. The van der Waals surface area contributed by atoms with Gasteiger partial charge in [0.15, 0.2) is 5.82 Å². The predicted octanol–water partition coefficient (Wildman–Crippen LogP) is 1.38. The second-order valence-corrected chi connectivity index (χ2v) is 4.67. The van der Waals surface area contributed by atoms with Crippen LogP contribution in [0.3, 0.4) is 0 Å². The van der Waals surface area contributed by atoms with Gasteiger partial charge < -0.3 is 10.1 Å². The van der Waals surface area contributed by atoms with Crippen LogP contribution in [0.5, 0.6) is 0 Å². The molecular formula is C12H25N5O. The standard InChI is InChI=1S/C12H25N5O/c1-4-5-8-18-9-6-7-17-12(14-15-16-17)10-13-11(2)3/h11,13H,4-10H2,1-3H3. The van der Waals surface area contributed by atoms with Gasteiger partial charge in [0.05, 0.1) is 6.54 Å². The smallest absolute Gasteiger partial charge is 0.165 e. The fourth-order valence-corrected chi connectivity index (χ4v) is 1.48. The van der Waals surface area contributed by atoms with Crippen LogP contribution in [0.25, 0.3) is 0 Å². The summed E-state index contributed by atoms with van der Waals surface area (Å²) in [6, 6.07) is 0.438. The van der Waals surface area contributed by atoms with E-state index in [9.17, 15) is 0 Å². The van der Waals surface area contributed by atoms with Crippen LogP contribution in [0.4, 0.5) is 0 Å². The minimum absolute atomic E-state index is 0.438. The molecule has 0 aliphatic rings. The average molecular weight is 255 g/mol. The first-order valence-electron chi connectivity index (χ1n) is 6.80. The van der Waals surface area contributed by atoms with E-state index in [1.807, 2.05) is 4.68 Å². The minimum atomic E-state index is 0.438. The Morgan fingerprint density at radius 1 is 1.28 bits per heavy atom. The SMILES string of the molecule is CCCCOCCCn1nnnc1CNC(C)C. The van der Waals surface area contributed by atoms with Crippen molar-refractivity contribution in [1.29, 1.82) is 0 Å². The van der Waals surface area contributed by atoms with E-state index in [0.29, 0.717) is 12.6 Å². The molecule has 0 saturated carbocycles. The third-order valence-electron chi connectivity index (χ3n) is 2.58. The Labute approximate surface area is 109 Å². The highest BCUT2D eigenvalue weighted by Crippen LogP contribution is 1.97. The first-order valence-corrected chi connectivity index (χ1v) is 6.80. The number of hydrogen-bond acceptors (Lipinski definition) is 5. The van der Waals surface area contributed by atoms with Gasteiger partial charge in [-0.3, -0.25) is 0 Å². The number of nitrogens with one attached hydrogen (secondary N) is 1. The van der Waals surface area contributed by atoms with Crippen LogP contribution in [0.1, 0.15) is 45.9 Å². The first-order chi connectivity index (χ1) is 8.74. The highest BCUT2D eigenvalue weighted by atomic mass is 16.5. The molecule has 0 atom stereocenters. The Hall–Kier alpha value is -1.01. The van der Waals surface area contributed by atoms with E-state index in [0.717, 1.165) is 38.4 Å². The largest absolute Gasteiger partial charge is 0.381 e. The van der Waals surface area contributed by atoms with Crippen molar-refractivity contribution in [3.05, 3.63) is 5.82 Å². The number of tetrazole rings is 1. The molecule has 0 aliphatic heterocycles. The summed E-state index contributed by atoms with van der Waals surface area (Å²) in [5, 5.41) is 15.0. The molecule has 18 heavy (non-hydrogen) atoms. The molecule has 0 spiro atoms. The van der Waals surface area contributed by atoms with Crippen molar-refractivity contribution < 1.29 is 4.74 Å². The van der Waals surface area contributed by atoms with Gasteiger partial charge in [0, 0.05) is 25.8 Å². The van der Waals surface area contributed by atoms with Crippen LogP contribution in [-0.4, -0.2) is 39.5 Å². The predicted molar refractivity (Wildman–Crippen MR) is 70.1 cm³/mol. The maximum atomic E-state index is 5.51. The van der Waals surface area contributed by atoms with Crippen LogP contribution in [0.15, 0.2) is 0 Å². The highest BCUT2D eigenvalue weighted by Gasteiger charge is 2.05. The molecule has 0 saturated heterocycles. The molecule has 6 heteroatoms. The van der Waals surface area contributed by atoms with Crippen molar-refractivity contribution in [2.24, 2.45) is 0 Å². The minimum Gasteiger partial charge on any atom is -0.381 e. The third-order valence-corrected chi connectivity index (χ3v) is 2.58. The Bertz CT molecular complexity index is 313. The molecule has 0 radical (unpaired) electrons. The molecule has 1 heterocycles. The highest BCUT2D eigenvalue weighted by molar-refractivity contribution is 4.80.